The zero-order chi connectivity index (χ0) is 19.6. The molecular weight excluding hydrogens is 535 g/mol. The molecule has 0 aliphatic carbocycles. The quantitative estimate of drug-likeness (QED) is 0.286. The van der Waals surface area contributed by atoms with Crippen LogP contribution in [0.4, 0.5) is 0 Å². The summed E-state index contributed by atoms with van der Waals surface area (Å²) in [4.78, 5) is 9.88. The first-order valence-corrected chi connectivity index (χ1v) is 9.45. The summed E-state index contributed by atoms with van der Waals surface area (Å²) in [5, 5.41) is 0. The summed E-state index contributed by atoms with van der Waals surface area (Å²) in [6.07, 6.45) is 0. The maximum atomic E-state index is 4.96. The Morgan fingerprint density at radius 2 is 1.31 bits per heavy atom. The Morgan fingerprint density at radius 3 is 1.90 bits per heavy atom. The first-order valence-electron chi connectivity index (χ1n) is 9.45. The van der Waals surface area contributed by atoms with Gasteiger partial charge in [0.2, 0.25) is 0 Å². The summed E-state index contributed by atoms with van der Waals surface area (Å²) in [5.41, 5.74) is 6.71. The topological polar surface area (TPSA) is 25.8 Å². The normalized spacial score (nSPS) is 11.0. The Labute approximate surface area is 187 Å². The molecule has 0 radical (unpaired) electrons. The molecule has 2 heterocycles. The Hall–Kier alpha value is -2.57. The Bertz CT molecular complexity index is 1100. The molecule has 0 amide bonds. The van der Waals surface area contributed by atoms with E-state index in [0.717, 1.165) is 33.9 Å². The number of aryl methyl sites for hydroxylation is 1. The fraction of sp³-hybridized carbons (Fsp3) is 0.154. The predicted molar refractivity (Wildman–Crippen MR) is 114 cm³/mol. The van der Waals surface area contributed by atoms with E-state index in [1.54, 1.807) is 0 Å². The molecule has 2 nitrogen and oxygen atoms in total. The van der Waals surface area contributed by atoms with Crippen molar-refractivity contribution in [2.75, 3.05) is 0 Å². The molecule has 2 aromatic heterocycles. The van der Waals surface area contributed by atoms with Crippen LogP contribution < -0.4 is 0 Å². The van der Waals surface area contributed by atoms with Crippen molar-refractivity contribution < 1.29 is 21.1 Å². The van der Waals surface area contributed by atoms with Crippen LogP contribution in [0.5, 0.6) is 0 Å². The molecule has 3 heteroatoms. The van der Waals surface area contributed by atoms with E-state index in [1.807, 2.05) is 48.5 Å². The van der Waals surface area contributed by atoms with Crippen molar-refractivity contribution in [2.45, 2.75) is 26.2 Å². The standard InChI is InChI=1S/C26H22N2.Pt/c1-19-10-7-13-21(18-19)23-15-9-17-25(28-23)26(2,3)24-16-8-14-22(27-24)20-11-5-4-6-12-20;/h4-11,14-18H,1-3H3;/q-2;+2. The van der Waals surface area contributed by atoms with Gasteiger partial charge in [0.25, 0.3) is 0 Å². The molecule has 29 heavy (non-hydrogen) atoms. The number of rotatable bonds is 4. The van der Waals surface area contributed by atoms with E-state index >= 15 is 0 Å². The molecular formula is C26H22N2Pt. The van der Waals surface area contributed by atoms with Crippen molar-refractivity contribution in [3.63, 3.8) is 0 Å². The van der Waals surface area contributed by atoms with Crippen LogP contribution in [0.3, 0.4) is 0 Å². The molecule has 0 aliphatic rings. The number of aromatic nitrogens is 2. The van der Waals surface area contributed by atoms with E-state index < -0.39 is 0 Å². The van der Waals surface area contributed by atoms with Crippen LogP contribution >= 0.6 is 0 Å². The van der Waals surface area contributed by atoms with E-state index in [9.17, 15) is 0 Å². The minimum Gasteiger partial charge on any atom is -0.300 e. The van der Waals surface area contributed by atoms with Crippen LogP contribution in [-0.2, 0) is 26.5 Å². The number of hydrogen-bond donors (Lipinski definition) is 0. The third kappa shape index (κ3) is 4.54. The van der Waals surface area contributed by atoms with Crippen molar-refractivity contribution in [3.05, 3.63) is 108 Å². The van der Waals surface area contributed by atoms with Crippen molar-refractivity contribution in [2.24, 2.45) is 0 Å². The van der Waals surface area contributed by atoms with Crippen molar-refractivity contribution in [3.8, 4) is 22.5 Å². The molecule has 0 bridgehead atoms. The summed E-state index contributed by atoms with van der Waals surface area (Å²) in [5.74, 6) is 0. The zero-order valence-corrected chi connectivity index (χ0v) is 19.0. The van der Waals surface area contributed by atoms with Crippen LogP contribution in [0.2, 0.25) is 0 Å². The molecule has 0 atom stereocenters. The van der Waals surface area contributed by atoms with E-state index in [2.05, 4.69) is 63.2 Å². The zero-order valence-electron chi connectivity index (χ0n) is 16.7. The minimum atomic E-state index is -0.329. The second-order valence-corrected chi connectivity index (χ2v) is 7.50. The van der Waals surface area contributed by atoms with E-state index in [0.29, 0.717) is 0 Å². The van der Waals surface area contributed by atoms with Gasteiger partial charge in [-0.3, -0.25) is 0 Å². The average Bonchev–Trinajstić information content (AvgIpc) is 2.74. The van der Waals surface area contributed by atoms with Gasteiger partial charge in [0, 0.05) is 16.8 Å². The number of hydrogen-bond acceptors (Lipinski definition) is 2. The molecule has 0 unspecified atom stereocenters. The van der Waals surface area contributed by atoms with Crippen molar-refractivity contribution >= 4 is 0 Å². The maximum Gasteiger partial charge on any atom is 2.00 e. The first kappa shape index (κ1) is 21.1. The Balaban J connectivity index is 0.00000240. The molecule has 0 spiro atoms. The van der Waals surface area contributed by atoms with Crippen LogP contribution in [0.25, 0.3) is 22.5 Å². The largest absolute Gasteiger partial charge is 2.00 e. The molecule has 0 N–H and O–H groups in total. The summed E-state index contributed by atoms with van der Waals surface area (Å²) in [6.45, 7) is 6.42. The van der Waals surface area contributed by atoms with Gasteiger partial charge in [-0.05, 0) is 37.4 Å². The van der Waals surface area contributed by atoms with Gasteiger partial charge < -0.3 is 9.97 Å². The monoisotopic (exact) mass is 557 g/mol. The maximum absolute atomic E-state index is 4.96. The smallest absolute Gasteiger partial charge is 0.300 e. The number of nitrogens with zero attached hydrogens (tertiary/aromatic N) is 2. The molecule has 0 saturated heterocycles. The fourth-order valence-corrected chi connectivity index (χ4v) is 3.28. The second-order valence-electron chi connectivity index (χ2n) is 7.50. The van der Waals surface area contributed by atoms with Crippen LogP contribution in [0.1, 0.15) is 30.8 Å². The van der Waals surface area contributed by atoms with Crippen molar-refractivity contribution in [1.29, 1.82) is 0 Å². The summed E-state index contributed by atoms with van der Waals surface area (Å²) in [7, 11) is 0. The van der Waals surface area contributed by atoms with E-state index in [1.165, 1.54) is 5.56 Å². The second kappa shape index (κ2) is 8.84. The van der Waals surface area contributed by atoms with Gasteiger partial charge in [-0.1, -0.05) is 31.2 Å². The third-order valence-electron chi connectivity index (χ3n) is 5.00. The first-order chi connectivity index (χ1) is 13.5. The summed E-state index contributed by atoms with van der Waals surface area (Å²) in [6, 6.07) is 32.9. The average molecular weight is 558 g/mol. The van der Waals surface area contributed by atoms with Gasteiger partial charge in [0.05, 0.1) is 0 Å². The molecule has 146 valence electrons. The molecule has 0 fully saturated rings. The van der Waals surface area contributed by atoms with E-state index in [-0.39, 0.29) is 26.5 Å². The van der Waals surface area contributed by atoms with Gasteiger partial charge in [0.15, 0.2) is 0 Å². The van der Waals surface area contributed by atoms with Crippen LogP contribution in [-0.4, -0.2) is 9.97 Å². The molecule has 0 saturated carbocycles. The molecule has 2 aromatic carbocycles. The van der Waals surface area contributed by atoms with Gasteiger partial charge >= 0.3 is 21.1 Å². The van der Waals surface area contributed by atoms with Gasteiger partial charge in [-0.2, -0.15) is 0 Å². The van der Waals surface area contributed by atoms with Crippen LogP contribution in [0, 0.1) is 19.1 Å². The SMILES string of the molecule is Cc1cc[c-]c(-c2cccc(C(C)(C)c3cccc(-c4[c-]cccc4)n3)n2)c1.[Pt+2]. The third-order valence-corrected chi connectivity index (χ3v) is 5.00. The number of benzene rings is 2. The molecule has 4 rings (SSSR count). The number of pyridine rings is 2. The minimum absolute atomic E-state index is 0. The summed E-state index contributed by atoms with van der Waals surface area (Å²) >= 11 is 0. The molecule has 4 aromatic rings. The Kier molecular flexibility index (Phi) is 6.45. The summed E-state index contributed by atoms with van der Waals surface area (Å²) < 4.78 is 0. The molecule has 0 aliphatic heterocycles. The van der Waals surface area contributed by atoms with Crippen molar-refractivity contribution in [1.82, 2.24) is 9.97 Å². The van der Waals surface area contributed by atoms with E-state index in [4.69, 9.17) is 9.97 Å². The van der Waals surface area contributed by atoms with Gasteiger partial charge in [-0.15, -0.1) is 71.3 Å². The Morgan fingerprint density at radius 1 is 0.690 bits per heavy atom. The van der Waals surface area contributed by atoms with Crippen LogP contribution in [0.15, 0.2) is 78.9 Å². The van der Waals surface area contributed by atoms with Gasteiger partial charge in [0.1, 0.15) is 0 Å². The fourth-order valence-electron chi connectivity index (χ4n) is 3.28. The predicted octanol–water partition coefficient (Wildman–Crippen LogP) is 6.04. The van der Waals surface area contributed by atoms with Gasteiger partial charge in [-0.25, -0.2) is 0 Å².